The van der Waals surface area contributed by atoms with Gasteiger partial charge in [-0.1, -0.05) is 6.07 Å². The molecule has 0 fully saturated rings. The fourth-order valence-electron chi connectivity index (χ4n) is 2.68. The highest BCUT2D eigenvalue weighted by Crippen LogP contribution is 2.33. The van der Waals surface area contributed by atoms with E-state index in [1.54, 1.807) is 30.3 Å². The normalized spacial score (nSPS) is 10.4. The molecule has 1 heterocycles. The number of nitrogens with zero attached hydrogens (tertiary/aromatic N) is 2. The van der Waals surface area contributed by atoms with Gasteiger partial charge in [-0.15, -0.1) is 0 Å². The lowest BCUT2D eigenvalue weighted by atomic mass is 9.97. The molecular weight excluding hydrogens is 322 g/mol. The van der Waals surface area contributed by atoms with E-state index in [-0.39, 0.29) is 12.4 Å². The lowest BCUT2D eigenvalue weighted by Crippen LogP contribution is -2.09. The second-order valence-corrected chi connectivity index (χ2v) is 6.30. The minimum absolute atomic E-state index is 0.0547. The molecular formula is C18H21N3O2S. The summed E-state index contributed by atoms with van der Waals surface area (Å²) in [5.41, 5.74) is 10.7. The van der Waals surface area contributed by atoms with Crippen LogP contribution in [0.3, 0.4) is 0 Å². The van der Waals surface area contributed by atoms with E-state index < -0.39 is 0 Å². The van der Waals surface area contributed by atoms with E-state index in [9.17, 15) is 10.1 Å². The summed E-state index contributed by atoms with van der Waals surface area (Å²) < 4.78 is 6.77. The van der Waals surface area contributed by atoms with Crippen LogP contribution in [0.25, 0.3) is 11.1 Å². The zero-order chi connectivity index (χ0) is 17.7. The molecule has 0 aliphatic rings. The van der Waals surface area contributed by atoms with E-state index in [2.05, 4.69) is 6.07 Å². The zero-order valence-corrected chi connectivity index (χ0v) is 14.9. The van der Waals surface area contributed by atoms with Crippen LogP contribution in [0.2, 0.25) is 0 Å². The van der Waals surface area contributed by atoms with Crippen molar-refractivity contribution >= 4 is 23.4 Å². The van der Waals surface area contributed by atoms with Crippen molar-refractivity contribution in [3.63, 3.8) is 0 Å². The molecule has 6 heteroatoms. The highest BCUT2D eigenvalue weighted by Gasteiger charge is 2.20. The van der Waals surface area contributed by atoms with Gasteiger partial charge < -0.3 is 15.0 Å². The van der Waals surface area contributed by atoms with Crippen LogP contribution in [0.4, 0.5) is 5.69 Å². The molecule has 2 rings (SSSR count). The molecule has 0 saturated heterocycles. The molecule has 1 aromatic carbocycles. The number of hydrogen-bond acceptors (Lipinski definition) is 5. The summed E-state index contributed by atoms with van der Waals surface area (Å²) in [4.78, 5) is 12.0. The number of nitriles is 1. The molecule has 0 amide bonds. The standard InChI is InChI=1S/C18H21N3O2S/c1-4-23-18(22)8-14-15(10-21(2)17(14)9-19)13-7-12(11-24-3)5-6-16(13)20/h5-7,10H,4,8,11,20H2,1-3H3. The van der Waals surface area contributed by atoms with Crippen LogP contribution in [0.5, 0.6) is 0 Å². The smallest absolute Gasteiger partial charge is 0.310 e. The van der Waals surface area contributed by atoms with Crippen molar-refractivity contribution in [2.24, 2.45) is 7.05 Å². The average molecular weight is 343 g/mol. The van der Waals surface area contributed by atoms with E-state index in [0.29, 0.717) is 23.6 Å². The number of aryl methyl sites for hydroxylation is 1. The van der Waals surface area contributed by atoms with Crippen molar-refractivity contribution in [3.8, 4) is 17.2 Å². The van der Waals surface area contributed by atoms with Crippen LogP contribution in [-0.4, -0.2) is 23.4 Å². The third-order valence-electron chi connectivity index (χ3n) is 3.74. The Hall–Kier alpha value is -2.39. The molecule has 0 atom stereocenters. The molecule has 0 bridgehead atoms. The topological polar surface area (TPSA) is 81.0 Å². The number of carbonyl (C=O) groups is 1. The van der Waals surface area contributed by atoms with Crippen molar-refractivity contribution in [3.05, 3.63) is 41.2 Å². The van der Waals surface area contributed by atoms with E-state index in [4.69, 9.17) is 10.5 Å². The second kappa shape index (κ2) is 7.93. The van der Waals surface area contributed by atoms with Crippen molar-refractivity contribution in [1.29, 1.82) is 5.26 Å². The first-order valence-corrected chi connectivity index (χ1v) is 9.02. The number of esters is 1. The van der Waals surface area contributed by atoms with Gasteiger partial charge in [0.15, 0.2) is 0 Å². The summed E-state index contributed by atoms with van der Waals surface area (Å²) >= 11 is 1.73. The predicted octanol–water partition coefficient (Wildman–Crippen LogP) is 3.11. The van der Waals surface area contributed by atoms with Crippen LogP contribution < -0.4 is 5.73 Å². The molecule has 2 N–H and O–H groups in total. The molecule has 0 saturated carbocycles. The van der Waals surface area contributed by atoms with Crippen LogP contribution in [-0.2, 0) is 28.8 Å². The maximum absolute atomic E-state index is 12.0. The van der Waals surface area contributed by atoms with E-state index in [1.165, 1.54) is 0 Å². The molecule has 0 spiro atoms. The molecule has 0 unspecified atom stereocenters. The molecule has 0 aliphatic heterocycles. The Morgan fingerprint density at radius 3 is 2.79 bits per heavy atom. The van der Waals surface area contributed by atoms with Gasteiger partial charge in [0.05, 0.1) is 13.0 Å². The third kappa shape index (κ3) is 3.74. The summed E-state index contributed by atoms with van der Waals surface area (Å²) in [5, 5.41) is 9.45. The monoisotopic (exact) mass is 343 g/mol. The summed E-state index contributed by atoms with van der Waals surface area (Å²) in [6.45, 7) is 2.08. The van der Waals surface area contributed by atoms with Gasteiger partial charge in [0.1, 0.15) is 11.8 Å². The van der Waals surface area contributed by atoms with E-state index >= 15 is 0 Å². The minimum Gasteiger partial charge on any atom is -0.466 e. The summed E-state index contributed by atoms with van der Waals surface area (Å²) in [6.07, 6.45) is 3.94. The van der Waals surface area contributed by atoms with Crippen LogP contribution in [0.1, 0.15) is 23.7 Å². The zero-order valence-electron chi connectivity index (χ0n) is 14.1. The molecule has 5 nitrogen and oxygen atoms in total. The Morgan fingerprint density at radius 1 is 1.42 bits per heavy atom. The van der Waals surface area contributed by atoms with Crippen LogP contribution in [0.15, 0.2) is 24.4 Å². The first-order chi connectivity index (χ1) is 11.5. The molecule has 1 aromatic heterocycles. The van der Waals surface area contributed by atoms with Gasteiger partial charge in [-0.25, -0.2) is 0 Å². The SMILES string of the molecule is CCOC(=O)Cc1c(-c2cc(CSC)ccc2N)cn(C)c1C#N. The maximum Gasteiger partial charge on any atom is 0.310 e. The Bertz CT molecular complexity index is 790. The van der Waals surface area contributed by atoms with Gasteiger partial charge >= 0.3 is 5.97 Å². The van der Waals surface area contributed by atoms with Gasteiger partial charge in [0.2, 0.25) is 0 Å². The second-order valence-electron chi connectivity index (χ2n) is 5.43. The summed E-state index contributed by atoms with van der Waals surface area (Å²) in [6, 6.07) is 8.06. The fourth-order valence-corrected chi connectivity index (χ4v) is 3.20. The molecule has 24 heavy (non-hydrogen) atoms. The fraction of sp³-hybridized carbons (Fsp3) is 0.333. The van der Waals surface area contributed by atoms with Gasteiger partial charge in [0.25, 0.3) is 0 Å². The number of hydrogen-bond donors (Lipinski definition) is 1. The Balaban J connectivity index is 2.56. The van der Waals surface area contributed by atoms with Gasteiger partial charge in [-0.3, -0.25) is 4.79 Å². The first kappa shape index (κ1) is 18.0. The van der Waals surface area contributed by atoms with Gasteiger partial charge in [0, 0.05) is 41.4 Å². The number of nitrogens with two attached hydrogens (primary N) is 1. The van der Waals surface area contributed by atoms with E-state index in [0.717, 1.165) is 22.4 Å². The summed E-state index contributed by atoms with van der Waals surface area (Å²) in [5.74, 6) is 0.526. The van der Waals surface area contributed by atoms with Crippen molar-refractivity contribution in [1.82, 2.24) is 4.57 Å². The number of benzene rings is 1. The van der Waals surface area contributed by atoms with Gasteiger partial charge in [-0.05, 0) is 30.9 Å². The number of nitrogen functional groups attached to an aromatic ring is 1. The number of carbonyl (C=O) groups excluding carboxylic acids is 1. The predicted molar refractivity (Wildman–Crippen MR) is 97.5 cm³/mol. The molecule has 2 aromatic rings. The third-order valence-corrected chi connectivity index (χ3v) is 4.36. The average Bonchev–Trinajstić information content (AvgIpc) is 2.85. The highest BCUT2D eigenvalue weighted by atomic mass is 32.2. The Kier molecular flexibility index (Phi) is 5.93. The number of rotatable bonds is 6. The quantitative estimate of drug-likeness (QED) is 0.644. The maximum atomic E-state index is 12.0. The van der Waals surface area contributed by atoms with Crippen LogP contribution in [0, 0.1) is 11.3 Å². The number of thioether (sulfide) groups is 1. The number of ether oxygens (including phenoxy) is 1. The van der Waals surface area contributed by atoms with Crippen molar-refractivity contribution < 1.29 is 9.53 Å². The minimum atomic E-state index is -0.347. The Labute approximate surface area is 146 Å². The first-order valence-electron chi connectivity index (χ1n) is 7.63. The Morgan fingerprint density at radius 2 is 2.17 bits per heavy atom. The van der Waals surface area contributed by atoms with Crippen molar-refractivity contribution in [2.45, 2.75) is 19.1 Å². The lowest BCUT2D eigenvalue weighted by Gasteiger charge is -2.10. The molecule has 0 radical (unpaired) electrons. The number of aromatic nitrogens is 1. The lowest BCUT2D eigenvalue weighted by molar-refractivity contribution is -0.142. The number of anilines is 1. The highest BCUT2D eigenvalue weighted by molar-refractivity contribution is 7.97. The summed E-state index contributed by atoms with van der Waals surface area (Å²) in [7, 11) is 1.79. The van der Waals surface area contributed by atoms with Crippen molar-refractivity contribution in [2.75, 3.05) is 18.6 Å². The largest absolute Gasteiger partial charge is 0.466 e. The van der Waals surface area contributed by atoms with Gasteiger partial charge in [-0.2, -0.15) is 17.0 Å². The molecule has 0 aliphatic carbocycles. The molecule has 126 valence electrons. The van der Waals surface area contributed by atoms with E-state index in [1.807, 2.05) is 30.7 Å². The van der Waals surface area contributed by atoms with Crippen LogP contribution >= 0.6 is 11.8 Å².